The minimum atomic E-state index is -0.180. The summed E-state index contributed by atoms with van der Waals surface area (Å²) in [5.41, 5.74) is 3.82. The Balaban J connectivity index is 1.55. The number of rotatable bonds is 8. The van der Waals surface area contributed by atoms with E-state index in [2.05, 4.69) is 27.9 Å². The third-order valence-electron chi connectivity index (χ3n) is 7.82. The number of aryl methyl sites for hydroxylation is 1. The van der Waals surface area contributed by atoms with E-state index in [1.165, 1.54) is 11.8 Å². The number of nitrogens with zero attached hydrogens (tertiary/aromatic N) is 1. The largest absolute Gasteiger partial charge is 0.462 e. The molecule has 1 atom stereocenters. The van der Waals surface area contributed by atoms with E-state index < -0.39 is 0 Å². The monoisotopic (exact) mass is 537 g/mol. The van der Waals surface area contributed by atoms with E-state index in [-0.39, 0.29) is 42.0 Å². The summed E-state index contributed by atoms with van der Waals surface area (Å²) in [5, 5.41) is 3.93. The smallest absolute Gasteiger partial charge is 0.308 e. The van der Waals surface area contributed by atoms with Crippen molar-refractivity contribution >= 4 is 34.5 Å². The zero-order valence-electron chi connectivity index (χ0n) is 23.2. The Morgan fingerprint density at radius 1 is 1.13 bits per heavy atom. The lowest BCUT2D eigenvalue weighted by Gasteiger charge is -2.34. The molecule has 1 saturated carbocycles. The molecule has 2 heterocycles. The topological polar surface area (TPSA) is 93.2 Å². The van der Waals surface area contributed by atoms with Gasteiger partial charge in [0.25, 0.3) is 11.5 Å². The quantitative estimate of drug-likeness (QED) is 0.275. The average molecular weight is 538 g/mol. The summed E-state index contributed by atoms with van der Waals surface area (Å²) in [5.74, 6) is 0.00845. The van der Waals surface area contributed by atoms with Gasteiger partial charge >= 0.3 is 5.97 Å². The summed E-state index contributed by atoms with van der Waals surface area (Å²) in [7, 11) is 0. The number of aromatic amines is 1. The molecule has 204 valence electrons. The van der Waals surface area contributed by atoms with Crippen LogP contribution < -0.4 is 10.9 Å². The van der Waals surface area contributed by atoms with Gasteiger partial charge in [-0.2, -0.15) is 0 Å². The number of ether oxygens (including phenoxy) is 1. The van der Waals surface area contributed by atoms with Crippen molar-refractivity contribution in [1.29, 1.82) is 0 Å². The summed E-state index contributed by atoms with van der Waals surface area (Å²) < 4.78 is 7.98. The molecule has 0 unspecified atom stereocenters. The molecule has 8 heteroatoms. The summed E-state index contributed by atoms with van der Waals surface area (Å²) in [6.07, 6.45) is 5.59. The second-order valence-electron chi connectivity index (χ2n) is 10.7. The molecule has 2 N–H and O–H groups in total. The Labute approximate surface area is 228 Å². The van der Waals surface area contributed by atoms with Crippen LogP contribution in [0.5, 0.6) is 0 Å². The SMILES string of the molecule is CSc1cc(C)[nH]c(=O)c1CNC(=O)c1c(C)n([C@H](C)C2CCC(OC(=O)C(C)C)CC2)c2ccccc12. The highest BCUT2D eigenvalue weighted by atomic mass is 32.2. The molecule has 38 heavy (non-hydrogen) atoms. The molecule has 7 nitrogen and oxygen atoms in total. The molecule has 4 rings (SSSR count). The number of hydrogen-bond donors (Lipinski definition) is 2. The van der Waals surface area contributed by atoms with Crippen molar-refractivity contribution < 1.29 is 14.3 Å². The second-order valence-corrected chi connectivity index (χ2v) is 11.6. The molecule has 2 aromatic heterocycles. The average Bonchev–Trinajstić information content (AvgIpc) is 3.19. The third-order valence-corrected chi connectivity index (χ3v) is 8.63. The van der Waals surface area contributed by atoms with Crippen LogP contribution in [0.4, 0.5) is 0 Å². The van der Waals surface area contributed by atoms with Gasteiger partial charge in [0, 0.05) is 45.3 Å². The second kappa shape index (κ2) is 11.8. The number of carbonyl (C=O) groups is 2. The van der Waals surface area contributed by atoms with Gasteiger partial charge in [0.15, 0.2) is 0 Å². The highest BCUT2D eigenvalue weighted by molar-refractivity contribution is 7.98. The number of aromatic nitrogens is 2. The van der Waals surface area contributed by atoms with Crippen molar-refractivity contribution in [2.24, 2.45) is 11.8 Å². The van der Waals surface area contributed by atoms with E-state index >= 15 is 0 Å². The van der Waals surface area contributed by atoms with E-state index in [9.17, 15) is 14.4 Å². The van der Waals surface area contributed by atoms with Gasteiger partial charge < -0.3 is 19.6 Å². The minimum Gasteiger partial charge on any atom is -0.462 e. The van der Waals surface area contributed by atoms with E-state index in [1.54, 1.807) is 0 Å². The normalized spacial score (nSPS) is 18.5. The summed E-state index contributed by atoms with van der Waals surface area (Å²) in [4.78, 5) is 41.9. The van der Waals surface area contributed by atoms with Crippen molar-refractivity contribution in [3.8, 4) is 0 Å². The van der Waals surface area contributed by atoms with Gasteiger partial charge in [0.2, 0.25) is 0 Å². The summed E-state index contributed by atoms with van der Waals surface area (Å²) in [6, 6.07) is 10.2. The minimum absolute atomic E-state index is 0.00621. The zero-order chi connectivity index (χ0) is 27.6. The number of pyridine rings is 1. The van der Waals surface area contributed by atoms with Crippen LogP contribution in [0.3, 0.4) is 0 Å². The number of amides is 1. The summed E-state index contributed by atoms with van der Waals surface area (Å²) in [6.45, 7) is 9.98. The lowest BCUT2D eigenvalue weighted by atomic mass is 9.83. The number of thioether (sulfide) groups is 1. The van der Waals surface area contributed by atoms with Crippen LogP contribution in [0.2, 0.25) is 0 Å². The van der Waals surface area contributed by atoms with Gasteiger partial charge in [-0.25, -0.2) is 0 Å². The van der Waals surface area contributed by atoms with Crippen LogP contribution in [-0.2, 0) is 16.1 Å². The summed E-state index contributed by atoms with van der Waals surface area (Å²) >= 11 is 1.50. The van der Waals surface area contributed by atoms with E-state index in [1.807, 2.05) is 58.2 Å². The number of para-hydroxylation sites is 1. The first kappa shape index (κ1) is 28.0. The maximum absolute atomic E-state index is 13.6. The van der Waals surface area contributed by atoms with Gasteiger partial charge in [-0.05, 0) is 70.8 Å². The molecule has 0 aliphatic heterocycles. The van der Waals surface area contributed by atoms with Crippen LogP contribution in [0.15, 0.2) is 40.0 Å². The Kier molecular flexibility index (Phi) is 8.71. The maximum Gasteiger partial charge on any atom is 0.308 e. The fourth-order valence-electron chi connectivity index (χ4n) is 5.70. The predicted molar refractivity (Wildman–Crippen MR) is 153 cm³/mol. The lowest BCUT2D eigenvalue weighted by Crippen LogP contribution is -2.30. The highest BCUT2D eigenvalue weighted by Gasteiger charge is 2.31. The molecule has 1 aliphatic carbocycles. The van der Waals surface area contributed by atoms with E-state index in [0.29, 0.717) is 17.0 Å². The Morgan fingerprint density at radius 2 is 1.82 bits per heavy atom. The van der Waals surface area contributed by atoms with Crippen molar-refractivity contribution in [1.82, 2.24) is 14.9 Å². The molecule has 0 spiro atoms. The fourth-order valence-corrected chi connectivity index (χ4v) is 6.40. The molecule has 0 radical (unpaired) electrons. The van der Waals surface area contributed by atoms with Gasteiger partial charge in [-0.1, -0.05) is 32.0 Å². The Bertz CT molecular complexity index is 1380. The number of H-pyrrole nitrogens is 1. The van der Waals surface area contributed by atoms with Crippen LogP contribution in [0, 0.1) is 25.7 Å². The van der Waals surface area contributed by atoms with Crippen molar-refractivity contribution in [2.45, 2.75) is 83.9 Å². The molecule has 0 bridgehead atoms. The molecule has 1 aromatic carbocycles. The van der Waals surface area contributed by atoms with E-state index in [0.717, 1.165) is 52.9 Å². The zero-order valence-corrected chi connectivity index (χ0v) is 24.0. The van der Waals surface area contributed by atoms with Crippen LogP contribution in [0.1, 0.15) is 79.8 Å². The number of hydrogen-bond acceptors (Lipinski definition) is 5. The standard InChI is InChI=1S/C30H39N3O4S/c1-17(2)30(36)37-22-13-11-21(12-14-22)19(4)33-20(5)27(23-9-7-8-10-25(23)33)29(35)31-16-24-26(38-6)15-18(3)32-28(24)34/h7-10,15,17,19,21-22H,11-14,16H2,1-6H3,(H,31,35)(H,32,34)/t19-,21?,22?/m1/s1. The molecule has 1 aliphatic rings. The third kappa shape index (κ3) is 5.70. The first-order valence-corrected chi connectivity index (χ1v) is 14.7. The number of nitrogens with one attached hydrogen (secondary N) is 2. The number of carbonyl (C=O) groups excluding carboxylic acids is 2. The Morgan fingerprint density at radius 3 is 2.47 bits per heavy atom. The number of fused-ring (bicyclic) bond motifs is 1. The van der Waals surface area contributed by atoms with Crippen molar-refractivity contribution in [3.05, 3.63) is 63.2 Å². The molecular formula is C30H39N3O4S. The van der Waals surface area contributed by atoms with Gasteiger partial charge in [0.1, 0.15) is 6.10 Å². The van der Waals surface area contributed by atoms with Crippen molar-refractivity contribution in [2.75, 3.05) is 6.26 Å². The number of esters is 1. The highest BCUT2D eigenvalue weighted by Crippen LogP contribution is 2.38. The Hall–Kier alpha value is -3.00. The van der Waals surface area contributed by atoms with Crippen LogP contribution in [-0.4, -0.2) is 33.8 Å². The molecule has 1 fully saturated rings. The predicted octanol–water partition coefficient (Wildman–Crippen LogP) is 5.92. The van der Waals surface area contributed by atoms with E-state index in [4.69, 9.17) is 4.74 Å². The molecular weight excluding hydrogens is 498 g/mol. The van der Waals surface area contributed by atoms with Gasteiger partial charge in [0.05, 0.1) is 11.5 Å². The van der Waals surface area contributed by atoms with Gasteiger partial charge in [-0.3, -0.25) is 14.4 Å². The molecule has 1 amide bonds. The van der Waals surface area contributed by atoms with Crippen molar-refractivity contribution in [3.63, 3.8) is 0 Å². The number of benzene rings is 1. The molecule has 0 saturated heterocycles. The van der Waals surface area contributed by atoms with Crippen LogP contribution in [0.25, 0.3) is 10.9 Å². The first-order chi connectivity index (χ1) is 18.1. The van der Waals surface area contributed by atoms with Gasteiger partial charge in [-0.15, -0.1) is 11.8 Å². The van der Waals surface area contributed by atoms with Crippen LogP contribution >= 0.6 is 11.8 Å². The lowest BCUT2D eigenvalue weighted by molar-refractivity contribution is -0.154. The fraction of sp³-hybridized carbons (Fsp3) is 0.500. The first-order valence-electron chi connectivity index (χ1n) is 13.5. The maximum atomic E-state index is 13.6. The molecule has 3 aromatic rings.